The Morgan fingerprint density at radius 3 is 2.92 bits per heavy atom. The standard InChI is InChI=1S/C9H15FN2/c1-6(2)12-4-7-3-8(10)9(5-12)11-7/h7-9,11H,1,3-5H2,2H3. The molecule has 0 aliphatic carbocycles. The minimum Gasteiger partial charge on any atom is -0.372 e. The van der Waals surface area contributed by atoms with Crippen LogP contribution in [-0.2, 0) is 0 Å². The zero-order valence-electron chi connectivity index (χ0n) is 7.39. The Balaban J connectivity index is 2.05. The molecule has 2 rings (SSSR count). The number of nitrogens with one attached hydrogen (secondary N) is 1. The van der Waals surface area contributed by atoms with E-state index in [0.29, 0.717) is 12.5 Å². The second-order valence-electron chi connectivity index (χ2n) is 3.86. The smallest absolute Gasteiger partial charge is 0.119 e. The topological polar surface area (TPSA) is 15.3 Å². The third-order valence-electron chi connectivity index (χ3n) is 2.79. The van der Waals surface area contributed by atoms with Crippen LogP contribution in [0.1, 0.15) is 13.3 Å². The average molecular weight is 170 g/mol. The normalized spacial score (nSPS) is 40.2. The van der Waals surface area contributed by atoms with Crippen molar-refractivity contribution in [2.45, 2.75) is 31.6 Å². The van der Waals surface area contributed by atoms with E-state index < -0.39 is 6.17 Å². The molecule has 0 aromatic heterocycles. The Labute approximate surface area is 72.4 Å². The van der Waals surface area contributed by atoms with Gasteiger partial charge in [-0.25, -0.2) is 4.39 Å². The molecule has 68 valence electrons. The maximum atomic E-state index is 13.2. The molecular weight excluding hydrogens is 155 g/mol. The fourth-order valence-electron chi connectivity index (χ4n) is 2.10. The number of halogens is 1. The third-order valence-corrected chi connectivity index (χ3v) is 2.79. The van der Waals surface area contributed by atoms with Crippen molar-refractivity contribution < 1.29 is 4.39 Å². The lowest BCUT2D eigenvalue weighted by Crippen LogP contribution is -2.51. The van der Waals surface area contributed by atoms with Crippen molar-refractivity contribution in [2.75, 3.05) is 13.1 Å². The Kier molecular flexibility index (Phi) is 1.83. The molecule has 0 aromatic rings. The van der Waals surface area contributed by atoms with E-state index in [-0.39, 0.29) is 6.04 Å². The number of alkyl halides is 1. The zero-order chi connectivity index (χ0) is 8.72. The monoisotopic (exact) mass is 170 g/mol. The lowest BCUT2D eigenvalue weighted by Gasteiger charge is -2.34. The van der Waals surface area contributed by atoms with Gasteiger partial charge in [-0.3, -0.25) is 0 Å². The summed E-state index contributed by atoms with van der Waals surface area (Å²) in [5.74, 6) is 0. The maximum Gasteiger partial charge on any atom is 0.119 e. The van der Waals surface area contributed by atoms with Crippen LogP contribution in [0.4, 0.5) is 4.39 Å². The summed E-state index contributed by atoms with van der Waals surface area (Å²) in [6.45, 7) is 7.57. The predicted octanol–water partition coefficient (Wildman–Crippen LogP) is 0.904. The lowest BCUT2D eigenvalue weighted by atomic mass is 10.2. The van der Waals surface area contributed by atoms with E-state index in [9.17, 15) is 4.39 Å². The molecule has 2 aliphatic rings. The summed E-state index contributed by atoms with van der Waals surface area (Å²) in [6, 6.07) is 0.385. The van der Waals surface area contributed by atoms with Crippen molar-refractivity contribution in [3.63, 3.8) is 0 Å². The fraction of sp³-hybridized carbons (Fsp3) is 0.778. The quantitative estimate of drug-likeness (QED) is 0.629. The minimum atomic E-state index is -0.653. The summed E-state index contributed by atoms with van der Waals surface area (Å²) < 4.78 is 13.2. The number of likely N-dealkylation sites (tertiary alicyclic amines) is 1. The Morgan fingerprint density at radius 2 is 2.33 bits per heavy atom. The van der Waals surface area contributed by atoms with Gasteiger partial charge in [0.25, 0.3) is 0 Å². The summed E-state index contributed by atoms with van der Waals surface area (Å²) in [7, 11) is 0. The van der Waals surface area contributed by atoms with Crippen molar-refractivity contribution in [1.29, 1.82) is 0 Å². The zero-order valence-corrected chi connectivity index (χ0v) is 7.39. The van der Waals surface area contributed by atoms with Gasteiger partial charge in [0, 0.05) is 24.8 Å². The van der Waals surface area contributed by atoms with E-state index in [1.54, 1.807) is 0 Å². The van der Waals surface area contributed by atoms with Crippen LogP contribution in [0.2, 0.25) is 0 Å². The van der Waals surface area contributed by atoms with E-state index in [4.69, 9.17) is 0 Å². The predicted molar refractivity (Wildman–Crippen MR) is 46.6 cm³/mol. The van der Waals surface area contributed by atoms with Gasteiger partial charge < -0.3 is 10.2 Å². The van der Waals surface area contributed by atoms with Crippen LogP contribution < -0.4 is 5.32 Å². The SMILES string of the molecule is C=C(C)N1CC2CC(F)C(C1)N2. The highest BCUT2D eigenvalue weighted by Crippen LogP contribution is 2.24. The molecule has 12 heavy (non-hydrogen) atoms. The van der Waals surface area contributed by atoms with Crippen molar-refractivity contribution in [2.24, 2.45) is 0 Å². The summed E-state index contributed by atoms with van der Waals surface area (Å²) in [5, 5.41) is 3.27. The van der Waals surface area contributed by atoms with Crippen LogP contribution in [0.15, 0.2) is 12.3 Å². The first-order valence-electron chi connectivity index (χ1n) is 4.47. The molecule has 2 fully saturated rings. The molecule has 2 nitrogen and oxygen atoms in total. The van der Waals surface area contributed by atoms with Crippen LogP contribution in [0.3, 0.4) is 0 Å². The summed E-state index contributed by atoms with van der Waals surface area (Å²) in [4.78, 5) is 2.17. The second-order valence-corrected chi connectivity index (χ2v) is 3.86. The number of hydrogen-bond donors (Lipinski definition) is 1. The molecule has 3 atom stereocenters. The molecular formula is C9H15FN2. The van der Waals surface area contributed by atoms with Gasteiger partial charge in [0.2, 0.25) is 0 Å². The molecule has 3 unspecified atom stereocenters. The first-order chi connectivity index (χ1) is 5.66. The Morgan fingerprint density at radius 1 is 1.58 bits per heavy atom. The highest BCUT2D eigenvalue weighted by molar-refractivity contribution is 5.04. The van der Waals surface area contributed by atoms with Gasteiger partial charge in [-0.05, 0) is 13.3 Å². The number of fused-ring (bicyclic) bond motifs is 2. The van der Waals surface area contributed by atoms with Gasteiger partial charge in [0.05, 0.1) is 6.04 Å². The molecule has 0 spiro atoms. The fourth-order valence-corrected chi connectivity index (χ4v) is 2.10. The van der Waals surface area contributed by atoms with Crippen LogP contribution in [-0.4, -0.2) is 36.2 Å². The molecule has 3 heteroatoms. The highest BCUT2D eigenvalue weighted by Gasteiger charge is 2.39. The summed E-state index contributed by atoms with van der Waals surface area (Å²) >= 11 is 0. The molecule has 2 bridgehead atoms. The van der Waals surface area contributed by atoms with E-state index in [1.165, 1.54) is 0 Å². The molecule has 2 aliphatic heterocycles. The molecule has 1 N–H and O–H groups in total. The van der Waals surface area contributed by atoms with Crippen LogP contribution in [0.5, 0.6) is 0 Å². The average Bonchev–Trinajstić information content (AvgIpc) is 2.26. The van der Waals surface area contributed by atoms with Gasteiger partial charge in [0.15, 0.2) is 0 Å². The number of piperazine rings is 1. The van der Waals surface area contributed by atoms with E-state index in [2.05, 4.69) is 16.8 Å². The highest BCUT2D eigenvalue weighted by atomic mass is 19.1. The van der Waals surface area contributed by atoms with Crippen molar-refractivity contribution >= 4 is 0 Å². The molecule has 0 amide bonds. The number of nitrogens with zero attached hydrogens (tertiary/aromatic N) is 1. The van der Waals surface area contributed by atoms with Crippen molar-refractivity contribution in [1.82, 2.24) is 10.2 Å². The van der Waals surface area contributed by atoms with E-state index in [1.807, 2.05) is 6.92 Å². The second kappa shape index (κ2) is 2.73. The Bertz CT molecular complexity index is 203. The van der Waals surface area contributed by atoms with E-state index >= 15 is 0 Å². The minimum absolute atomic E-state index is 0.0421. The lowest BCUT2D eigenvalue weighted by molar-refractivity contribution is 0.216. The Hall–Kier alpha value is -0.570. The van der Waals surface area contributed by atoms with Crippen molar-refractivity contribution in [3.8, 4) is 0 Å². The van der Waals surface area contributed by atoms with Gasteiger partial charge in [0.1, 0.15) is 6.17 Å². The molecule has 0 radical (unpaired) electrons. The largest absolute Gasteiger partial charge is 0.372 e. The summed E-state index contributed by atoms with van der Waals surface area (Å²) in [6.07, 6.45) is 0.0217. The van der Waals surface area contributed by atoms with Crippen LogP contribution in [0, 0.1) is 0 Å². The van der Waals surface area contributed by atoms with Crippen molar-refractivity contribution in [3.05, 3.63) is 12.3 Å². The number of allylic oxidation sites excluding steroid dienone is 1. The first-order valence-corrected chi connectivity index (χ1v) is 4.47. The summed E-state index contributed by atoms with van der Waals surface area (Å²) in [5.41, 5.74) is 1.06. The third kappa shape index (κ3) is 1.22. The van der Waals surface area contributed by atoms with Gasteiger partial charge in [-0.2, -0.15) is 0 Å². The first kappa shape index (κ1) is 8.05. The van der Waals surface area contributed by atoms with E-state index in [0.717, 1.165) is 18.8 Å². The molecule has 2 heterocycles. The van der Waals surface area contributed by atoms with Crippen LogP contribution >= 0.6 is 0 Å². The molecule has 2 saturated heterocycles. The van der Waals surface area contributed by atoms with Gasteiger partial charge in [-0.15, -0.1) is 0 Å². The van der Waals surface area contributed by atoms with Crippen LogP contribution in [0.25, 0.3) is 0 Å². The maximum absolute atomic E-state index is 13.2. The number of rotatable bonds is 1. The van der Waals surface area contributed by atoms with Gasteiger partial charge >= 0.3 is 0 Å². The number of hydrogen-bond acceptors (Lipinski definition) is 2. The van der Waals surface area contributed by atoms with Gasteiger partial charge in [-0.1, -0.05) is 6.58 Å². The molecule has 0 aromatic carbocycles. The molecule has 0 saturated carbocycles.